The molecule has 2 aromatic carbocycles. The van der Waals surface area contributed by atoms with Crippen molar-refractivity contribution in [2.45, 2.75) is 44.9 Å². The number of hydrogen-bond acceptors (Lipinski definition) is 8. The number of benzene rings is 2. The number of nitro benzene ring substituents is 1. The molecule has 240 valence electrons. The van der Waals surface area contributed by atoms with Gasteiger partial charge in [-0.15, -0.1) is 0 Å². The summed E-state index contributed by atoms with van der Waals surface area (Å²) in [7, 11) is 1.17. The molecule has 0 radical (unpaired) electrons. The molecule has 1 amide bonds. The number of amides is 1. The van der Waals surface area contributed by atoms with Crippen LogP contribution in [0.3, 0.4) is 0 Å². The summed E-state index contributed by atoms with van der Waals surface area (Å²) < 4.78 is 21.4. The van der Waals surface area contributed by atoms with Gasteiger partial charge in [0.05, 0.1) is 36.2 Å². The lowest BCUT2D eigenvalue weighted by Crippen LogP contribution is -2.55. The third-order valence-corrected chi connectivity index (χ3v) is 8.32. The van der Waals surface area contributed by atoms with Crippen LogP contribution in [0.5, 0.6) is 0 Å². The molecule has 0 saturated carbocycles. The van der Waals surface area contributed by atoms with Gasteiger partial charge in [0.25, 0.3) is 5.69 Å². The predicted octanol–water partition coefficient (Wildman–Crippen LogP) is 5.84. The number of carbonyl (C=O) groups excluding carboxylic acids is 2. The van der Waals surface area contributed by atoms with Crippen molar-refractivity contribution in [1.29, 1.82) is 0 Å². The molecular weight excluding hydrogens is 626 g/mol. The average molecular weight is 662 g/mol. The molecule has 10 nitrogen and oxygen atoms in total. The maximum absolute atomic E-state index is 16.7. The van der Waals surface area contributed by atoms with E-state index in [0.717, 1.165) is 6.07 Å². The van der Waals surface area contributed by atoms with Crippen molar-refractivity contribution in [2.24, 2.45) is 11.3 Å². The minimum absolute atomic E-state index is 0.00484. The Morgan fingerprint density at radius 3 is 2.62 bits per heavy atom. The summed E-state index contributed by atoms with van der Waals surface area (Å²) in [6.07, 6.45) is 3.97. The molecule has 1 spiro atoms. The van der Waals surface area contributed by atoms with E-state index in [1.807, 2.05) is 25.7 Å². The number of fused-ring (bicyclic) bond motifs is 2. The van der Waals surface area contributed by atoms with Crippen LogP contribution in [0.25, 0.3) is 0 Å². The van der Waals surface area contributed by atoms with E-state index in [0.29, 0.717) is 16.3 Å². The summed E-state index contributed by atoms with van der Waals surface area (Å²) in [5.41, 5.74) is -1.29. The topological polar surface area (TPSA) is 134 Å². The van der Waals surface area contributed by atoms with Gasteiger partial charge in [0.2, 0.25) is 5.91 Å². The molecular formula is C32H35Cl2FN4O6. The Labute approximate surface area is 270 Å². The number of aliphatic hydroxyl groups is 1. The van der Waals surface area contributed by atoms with Crippen LogP contribution < -0.4 is 10.6 Å². The van der Waals surface area contributed by atoms with Gasteiger partial charge in [0, 0.05) is 52.1 Å². The van der Waals surface area contributed by atoms with Crippen molar-refractivity contribution in [3.05, 3.63) is 104 Å². The normalized spacial score (nSPS) is 23.4. The van der Waals surface area contributed by atoms with Gasteiger partial charge < -0.3 is 20.5 Å². The molecule has 3 N–H and O–H groups in total. The molecule has 0 aromatic heterocycles. The van der Waals surface area contributed by atoms with E-state index in [4.69, 9.17) is 27.9 Å². The second-order valence-electron chi connectivity index (χ2n) is 12.2. The maximum atomic E-state index is 16.7. The smallest absolute Gasteiger partial charge is 0.338 e. The molecule has 2 heterocycles. The standard InChI is InChI=1S/C32H35Cl2FN4O6/c1-18(33)7-6-8-23(35)27-28(36-15-20-10-9-19(29(41)45-5)13-25(20)39(43)44)26(16-40)38(17-31(2,3)4)32(27)22-12-11-21(34)14-24(22)37-30(32)42/h6-14,26-28,36,40H,1,15-17H2,2-5H3,(H,37,42)/b7-6-,23-8-/t26-,27-,28+,32+/m0/s1. The Morgan fingerprint density at radius 2 is 2.02 bits per heavy atom. The second kappa shape index (κ2) is 13.4. The van der Waals surface area contributed by atoms with E-state index in [2.05, 4.69) is 17.2 Å². The highest BCUT2D eigenvalue weighted by Crippen LogP contribution is 2.56. The highest BCUT2D eigenvalue weighted by molar-refractivity contribution is 6.31. The molecule has 0 bridgehead atoms. The summed E-state index contributed by atoms with van der Waals surface area (Å²) in [4.78, 5) is 39.4. The summed E-state index contributed by atoms with van der Waals surface area (Å²) >= 11 is 12.1. The quantitative estimate of drug-likeness (QED) is 0.125. The Morgan fingerprint density at radius 1 is 1.31 bits per heavy atom. The first-order valence-corrected chi connectivity index (χ1v) is 14.9. The fraction of sp³-hybridized carbons (Fsp3) is 0.375. The van der Waals surface area contributed by atoms with Crippen LogP contribution in [0.15, 0.2) is 72.1 Å². The number of esters is 1. The van der Waals surface area contributed by atoms with Gasteiger partial charge in [-0.3, -0.25) is 19.8 Å². The molecule has 1 saturated heterocycles. The van der Waals surface area contributed by atoms with Crippen LogP contribution >= 0.6 is 23.2 Å². The number of carbonyl (C=O) groups is 2. The summed E-state index contributed by atoms with van der Waals surface area (Å²) in [5, 5.41) is 29.5. The van der Waals surface area contributed by atoms with Crippen LogP contribution in [-0.2, 0) is 21.6 Å². The average Bonchev–Trinajstić information content (AvgIpc) is 3.40. The van der Waals surface area contributed by atoms with Gasteiger partial charge in [-0.1, -0.05) is 68.8 Å². The Kier molecular flexibility index (Phi) is 10.2. The van der Waals surface area contributed by atoms with Crippen LogP contribution in [-0.4, -0.2) is 59.2 Å². The third-order valence-electron chi connectivity index (χ3n) is 7.96. The van der Waals surface area contributed by atoms with Crippen molar-refractivity contribution in [2.75, 3.05) is 25.6 Å². The molecule has 4 rings (SSSR count). The molecule has 4 atom stereocenters. The largest absolute Gasteiger partial charge is 0.465 e. The van der Waals surface area contributed by atoms with Crippen molar-refractivity contribution < 1.29 is 28.7 Å². The van der Waals surface area contributed by atoms with Crippen molar-refractivity contribution in [3.8, 4) is 0 Å². The zero-order valence-electron chi connectivity index (χ0n) is 25.3. The van der Waals surface area contributed by atoms with E-state index in [1.54, 1.807) is 18.2 Å². The first-order chi connectivity index (χ1) is 21.1. The molecule has 2 aromatic rings. The first-order valence-electron chi connectivity index (χ1n) is 14.1. The predicted molar refractivity (Wildman–Crippen MR) is 171 cm³/mol. The summed E-state index contributed by atoms with van der Waals surface area (Å²) in [6.45, 7) is 9.15. The molecule has 1 fully saturated rings. The van der Waals surface area contributed by atoms with Crippen molar-refractivity contribution >= 4 is 46.5 Å². The number of nitrogens with one attached hydrogen (secondary N) is 2. The van der Waals surface area contributed by atoms with Crippen molar-refractivity contribution in [3.63, 3.8) is 0 Å². The first kappa shape index (κ1) is 34.3. The van der Waals surface area contributed by atoms with E-state index < -0.39 is 58.2 Å². The van der Waals surface area contributed by atoms with Gasteiger partial charge in [-0.2, -0.15) is 0 Å². The summed E-state index contributed by atoms with van der Waals surface area (Å²) in [5.74, 6) is -3.15. The number of likely N-dealkylation sites (tertiary alicyclic amines) is 1. The van der Waals surface area contributed by atoms with E-state index in [1.165, 1.54) is 37.5 Å². The number of ether oxygens (including phenoxy) is 1. The summed E-state index contributed by atoms with van der Waals surface area (Å²) in [6, 6.07) is 7.06. The fourth-order valence-corrected chi connectivity index (χ4v) is 6.54. The van der Waals surface area contributed by atoms with Crippen LogP contribution in [0.1, 0.15) is 42.3 Å². The zero-order chi connectivity index (χ0) is 33.3. The minimum atomic E-state index is -1.63. The Bertz CT molecular complexity index is 1590. The SMILES string of the molecule is C=C(Cl)/C=C\C=C(/F)[C@H]1[C@H](NCc2ccc(C(=O)OC)cc2[N+](=O)[O-])[C@H](CO)N(CC(C)(C)C)[C@@]12C(=O)Nc1cc(Cl)ccc12. The number of nitrogens with zero attached hydrogens (tertiary/aromatic N) is 2. The minimum Gasteiger partial charge on any atom is -0.465 e. The van der Waals surface area contributed by atoms with E-state index in [9.17, 15) is 24.8 Å². The molecule has 13 heteroatoms. The van der Waals surface area contributed by atoms with Gasteiger partial charge in [0.1, 0.15) is 11.4 Å². The number of nitro groups is 1. The van der Waals surface area contributed by atoms with E-state index in [-0.39, 0.29) is 34.9 Å². The number of rotatable bonds is 10. The van der Waals surface area contributed by atoms with Crippen LogP contribution in [0.4, 0.5) is 15.8 Å². The highest BCUT2D eigenvalue weighted by atomic mass is 35.5. The van der Waals surface area contributed by atoms with Crippen LogP contribution in [0.2, 0.25) is 5.02 Å². The zero-order valence-corrected chi connectivity index (χ0v) is 26.8. The monoisotopic (exact) mass is 660 g/mol. The van der Waals surface area contributed by atoms with Crippen LogP contribution in [0, 0.1) is 21.4 Å². The molecule has 0 unspecified atom stereocenters. The Hall–Kier alpha value is -3.61. The van der Waals surface area contributed by atoms with Crippen molar-refractivity contribution in [1.82, 2.24) is 10.2 Å². The molecule has 0 aliphatic carbocycles. The second-order valence-corrected chi connectivity index (χ2v) is 13.1. The lowest BCUT2D eigenvalue weighted by molar-refractivity contribution is -0.385. The number of anilines is 1. The molecule has 2 aliphatic heterocycles. The van der Waals surface area contributed by atoms with E-state index >= 15 is 4.39 Å². The number of methoxy groups -OCH3 is 1. The lowest BCUT2D eigenvalue weighted by Gasteiger charge is -2.41. The van der Waals surface area contributed by atoms with Gasteiger partial charge in [-0.05, 0) is 35.8 Å². The molecule has 2 aliphatic rings. The molecule has 45 heavy (non-hydrogen) atoms. The number of halogens is 3. The third kappa shape index (κ3) is 6.68. The highest BCUT2D eigenvalue weighted by Gasteiger charge is 2.67. The Balaban J connectivity index is 1.91. The maximum Gasteiger partial charge on any atom is 0.338 e. The van der Waals surface area contributed by atoms with Gasteiger partial charge in [-0.25, -0.2) is 9.18 Å². The number of hydrogen-bond donors (Lipinski definition) is 3. The van der Waals surface area contributed by atoms with Gasteiger partial charge in [0.15, 0.2) is 0 Å². The fourth-order valence-electron chi connectivity index (χ4n) is 6.30. The number of allylic oxidation sites excluding steroid dienone is 4. The number of aliphatic hydroxyl groups excluding tert-OH is 1. The lowest BCUT2D eigenvalue weighted by atomic mass is 9.76. The van der Waals surface area contributed by atoms with Gasteiger partial charge >= 0.3 is 5.97 Å².